The Kier molecular flexibility index (Phi) is 6.02. The summed E-state index contributed by atoms with van der Waals surface area (Å²) in [5.74, 6) is -0.221. The molecule has 2 aromatic heterocycles. The van der Waals surface area contributed by atoms with Crippen molar-refractivity contribution in [1.29, 1.82) is 0 Å². The molecule has 0 aliphatic carbocycles. The van der Waals surface area contributed by atoms with Crippen LogP contribution in [-0.2, 0) is 16.0 Å². The molecule has 3 aromatic rings. The molecule has 7 nitrogen and oxygen atoms in total. The van der Waals surface area contributed by atoms with Crippen molar-refractivity contribution < 1.29 is 23.5 Å². The lowest BCUT2D eigenvalue weighted by atomic mass is 10.0. The summed E-state index contributed by atoms with van der Waals surface area (Å²) in [6.07, 6.45) is 1.93. The lowest BCUT2D eigenvalue weighted by Crippen LogP contribution is -2.42. The maximum atomic E-state index is 12.5. The molecule has 0 aliphatic rings. The number of carboxylic acid groups (broad SMARTS) is 1. The highest BCUT2D eigenvalue weighted by Crippen LogP contribution is 2.30. The molecule has 2 N–H and O–H groups in total. The molecule has 154 valence electrons. The van der Waals surface area contributed by atoms with E-state index in [1.165, 1.54) is 11.8 Å². The minimum Gasteiger partial charge on any atom is -0.480 e. The number of nitrogens with one attached hydrogen (secondary N) is 1. The van der Waals surface area contributed by atoms with E-state index in [-0.39, 0.29) is 12.0 Å². The SMILES string of the molecule is CSCC[C@@H](NC(=O)Cc1c(C)c2cc3c(C)c(C)oc3cc2oc1=O)C(=O)O. The van der Waals surface area contributed by atoms with E-state index in [4.69, 9.17) is 8.83 Å². The molecule has 0 saturated carbocycles. The standard InChI is InChI=1S/C21H23NO6S/c1-10-12(3)27-17-9-18-14(7-13(10)17)11(2)15(21(26)28-18)8-19(23)22-16(20(24)25)5-6-29-4/h7,9,16H,5-6,8H2,1-4H3,(H,22,23)(H,24,25)/t16-/m1/s1. The average molecular weight is 417 g/mol. The predicted molar refractivity (Wildman–Crippen MR) is 113 cm³/mol. The van der Waals surface area contributed by atoms with E-state index < -0.39 is 23.5 Å². The van der Waals surface area contributed by atoms with Gasteiger partial charge in [0.15, 0.2) is 0 Å². The zero-order chi connectivity index (χ0) is 21.3. The number of fused-ring (bicyclic) bond motifs is 2. The maximum absolute atomic E-state index is 12.5. The highest BCUT2D eigenvalue weighted by atomic mass is 32.2. The van der Waals surface area contributed by atoms with Gasteiger partial charge < -0.3 is 19.3 Å². The zero-order valence-electron chi connectivity index (χ0n) is 16.8. The second-order valence-electron chi connectivity index (χ2n) is 7.04. The first-order chi connectivity index (χ1) is 13.7. The molecule has 1 aromatic carbocycles. The Morgan fingerprint density at radius 3 is 2.41 bits per heavy atom. The third-order valence-corrected chi connectivity index (χ3v) is 5.81. The van der Waals surface area contributed by atoms with Gasteiger partial charge in [0.05, 0.1) is 12.0 Å². The molecule has 2 heterocycles. The number of rotatable bonds is 7. The van der Waals surface area contributed by atoms with Gasteiger partial charge in [-0.05, 0) is 56.4 Å². The number of hydrogen-bond donors (Lipinski definition) is 2. The van der Waals surface area contributed by atoms with E-state index in [1.807, 2.05) is 26.2 Å². The van der Waals surface area contributed by atoms with E-state index in [9.17, 15) is 19.5 Å². The molecule has 0 bridgehead atoms. The highest BCUT2D eigenvalue weighted by molar-refractivity contribution is 7.98. The van der Waals surface area contributed by atoms with E-state index in [0.29, 0.717) is 28.9 Å². The topological polar surface area (TPSA) is 110 Å². The summed E-state index contributed by atoms with van der Waals surface area (Å²) in [7, 11) is 0. The Balaban J connectivity index is 1.95. The quantitative estimate of drug-likeness (QED) is 0.567. The molecular formula is C21H23NO6S. The van der Waals surface area contributed by atoms with Crippen LogP contribution in [-0.4, -0.2) is 35.0 Å². The fourth-order valence-electron chi connectivity index (χ4n) is 3.33. The van der Waals surface area contributed by atoms with Crippen LogP contribution in [0.15, 0.2) is 25.8 Å². The van der Waals surface area contributed by atoms with Crippen molar-refractivity contribution in [2.75, 3.05) is 12.0 Å². The molecule has 0 aliphatic heterocycles. The van der Waals surface area contributed by atoms with Gasteiger partial charge >= 0.3 is 11.6 Å². The van der Waals surface area contributed by atoms with E-state index in [1.54, 1.807) is 13.0 Å². The molecule has 0 radical (unpaired) electrons. The van der Waals surface area contributed by atoms with Crippen LogP contribution in [0, 0.1) is 20.8 Å². The van der Waals surface area contributed by atoms with Crippen LogP contribution in [0.3, 0.4) is 0 Å². The largest absolute Gasteiger partial charge is 0.480 e. The summed E-state index contributed by atoms with van der Waals surface area (Å²) in [5.41, 5.74) is 2.29. The normalized spacial score (nSPS) is 12.4. The van der Waals surface area contributed by atoms with Gasteiger partial charge in [0.25, 0.3) is 0 Å². The lowest BCUT2D eigenvalue weighted by molar-refractivity contribution is -0.141. The predicted octanol–water partition coefficient (Wildman–Crippen LogP) is 3.33. The van der Waals surface area contributed by atoms with Crippen molar-refractivity contribution in [3.8, 4) is 0 Å². The number of thioether (sulfide) groups is 1. The summed E-state index contributed by atoms with van der Waals surface area (Å²) in [6.45, 7) is 5.59. The van der Waals surface area contributed by atoms with Crippen LogP contribution >= 0.6 is 11.8 Å². The first-order valence-corrected chi connectivity index (χ1v) is 10.6. The Bertz CT molecular complexity index is 1160. The van der Waals surface area contributed by atoms with Crippen LogP contribution in [0.2, 0.25) is 0 Å². The number of furan rings is 1. The Morgan fingerprint density at radius 1 is 1.10 bits per heavy atom. The van der Waals surface area contributed by atoms with Crippen LogP contribution in [0.1, 0.15) is 28.9 Å². The second-order valence-corrected chi connectivity index (χ2v) is 8.02. The van der Waals surface area contributed by atoms with Crippen LogP contribution in [0.4, 0.5) is 0 Å². The number of hydrogen-bond acceptors (Lipinski definition) is 6. The summed E-state index contributed by atoms with van der Waals surface area (Å²) in [6, 6.07) is 2.60. The Morgan fingerprint density at radius 2 is 1.76 bits per heavy atom. The minimum absolute atomic E-state index is 0.223. The lowest BCUT2D eigenvalue weighted by Gasteiger charge is -2.14. The number of carbonyl (C=O) groups excluding carboxylic acids is 1. The number of aryl methyl sites for hydroxylation is 3. The van der Waals surface area contributed by atoms with Crippen molar-refractivity contribution in [3.05, 3.63) is 45.0 Å². The van der Waals surface area contributed by atoms with Gasteiger partial charge in [0, 0.05) is 16.8 Å². The molecule has 1 atom stereocenters. The average Bonchev–Trinajstić information content (AvgIpc) is 2.94. The van der Waals surface area contributed by atoms with Crippen molar-refractivity contribution in [1.82, 2.24) is 5.32 Å². The molecule has 1 amide bonds. The van der Waals surface area contributed by atoms with E-state index >= 15 is 0 Å². The number of amides is 1. The molecular weight excluding hydrogens is 394 g/mol. The molecule has 0 saturated heterocycles. The van der Waals surface area contributed by atoms with Crippen LogP contribution < -0.4 is 10.9 Å². The van der Waals surface area contributed by atoms with Crippen LogP contribution in [0.25, 0.3) is 21.9 Å². The third kappa shape index (κ3) is 4.17. The molecule has 29 heavy (non-hydrogen) atoms. The third-order valence-electron chi connectivity index (χ3n) is 5.16. The van der Waals surface area contributed by atoms with Gasteiger partial charge in [-0.3, -0.25) is 4.79 Å². The molecule has 0 unspecified atom stereocenters. The first kappa shape index (κ1) is 21.0. The van der Waals surface area contributed by atoms with Gasteiger partial charge in [-0.2, -0.15) is 11.8 Å². The maximum Gasteiger partial charge on any atom is 0.340 e. The summed E-state index contributed by atoms with van der Waals surface area (Å²) in [5, 5.41) is 13.4. The van der Waals surface area contributed by atoms with Gasteiger partial charge in [0.1, 0.15) is 23.0 Å². The smallest absolute Gasteiger partial charge is 0.340 e. The number of carboxylic acids is 1. The second kappa shape index (κ2) is 8.32. The van der Waals surface area contributed by atoms with Gasteiger partial charge in [-0.1, -0.05) is 0 Å². The molecule has 0 spiro atoms. The molecule has 0 fully saturated rings. The number of benzene rings is 1. The summed E-state index contributed by atoms with van der Waals surface area (Å²) < 4.78 is 11.1. The fourth-order valence-corrected chi connectivity index (χ4v) is 3.80. The Hall–Kier alpha value is -2.74. The van der Waals surface area contributed by atoms with Crippen molar-refractivity contribution in [3.63, 3.8) is 0 Å². The molecule has 3 rings (SSSR count). The minimum atomic E-state index is -1.09. The van der Waals surface area contributed by atoms with Crippen molar-refractivity contribution >= 4 is 45.6 Å². The fraction of sp³-hybridized carbons (Fsp3) is 0.381. The first-order valence-electron chi connectivity index (χ1n) is 9.20. The van der Waals surface area contributed by atoms with Crippen molar-refractivity contribution in [2.24, 2.45) is 0 Å². The number of carbonyl (C=O) groups is 2. The van der Waals surface area contributed by atoms with Gasteiger partial charge in [-0.25, -0.2) is 9.59 Å². The van der Waals surface area contributed by atoms with Crippen molar-refractivity contribution in [2.45, 2.75) is 39.7 Å². The summed E-state index contributed by atoms with van der Waals surface area (Å²) in [4.78, 5) is 36.3. The highest BCUT2D eigenvalue weighted by Gasteiger charge is 2.22. The monoisotopic (exact) mass is 417 g/mol. The number of aliphatic carboxylic acids is 1. The van der Waals surface area contributed by atoms with Crippen LogP contribution in [0.5, 0.6) is 0 Å². The molecule has 8 heteroatoms. The van der Waals surface area contributed by atoms with Gasteiger partial charge in [0.2, 0.25) is 5.91 Å². The van der Waals surface area contributed by atoms with Gasteiger partial charge in [-0.15, -0.1) is 0 Å². The zero-order valence-corrected chi connectivity index (χ0v) is 17.6. The van der Waals surface area contributed by atoms with E-state index in [0.717, 1.165) is 22.1 Å². The van der Waals surface area contributed by atoms with E-state index in [2.05, 4.69) is 5.32 Å². The Labute approximate surface area is 171 Å². The summed E-state index contributed by atoms with van der Waals surface area (Å²) >= 11 is 1.50.